The van der Waals surface area contributed by atoms with Crippen LogP contribution in [0.25, 0.3) is 0 Å². The van der Waals surface area contributed by atoms with Gasteiger partial charge in [0.15, 0.2) is 0 Å². The lowest BCUT2D eigenvalue weighted by molar-refractivity contribution is 0.983. The average molecular weight is 136 g/mol. The molecule has 0 aliphatic carbocycles. The van der Waals surface area contributed by atoms with E-state index in [0.29, 0.717) is 11.3 Å². The quantitative estimate of drug-likeness (QED) is 0.433. The van der Waals surface area contributed by atoms with E-state index in [0.717, 1.165) is 5.70 Å². The Kier molecular flexibility index (Phi) is 3.27. The molecule has 0 radical (unpaired) electrons. The van der Waals surface area contributed by atoms with Crippen molar-refractivity contribution in [2.45, 2.75) is 13.8 Å². The fourth-order valence-electron chi connectivity index (χ4n) is 0.623. The molecule has 0 saturated heterocycles. The predicted octanol–water partition coefficient (Wildman–Crippen LogP) is 1.15. The number of terminal acetylenes is 1. The lowest BCUT2D eigenvalue weighted by atomic mass is 10.1. The second-order valence-electron chi connectivity index (χ2n) is 2.02. The zero-order chi connectivity index (χ0) is 8.15. The fraction of sp³-hybridized carbons (Fsp3) is 0.375. The van der Waals surface area contributed by atoms with E-state index in [1.54, 1.807) is 14.0 Å². The van der Waals surface area contributed by atoms with Gasteiger partial charge in [0.2, 0.25) is 0 Å². The van der Waals surface area contributed by atoms with Crippen LogP contribution in [0.5, 0.6) is 0 Å². The summed E-state index contributed by atoms with van der Waals surface area (Å²) in [4.78, 5) is 0. The third kappa shape index (κ3) is 1.94. The molecule has 10 heavy (non-hydrogen) atoms. The van der Waals surface area contributed by atoms with Crippen LogP contribution in [0.2, 0.25) is 0 Å². The van der Waals surface area contributed by atoms with Crippen molar-refractivity contribution in [1.82, 2.24) is 5.32 Å². The minimum Gasteiger partial charge on any atom is -0.391 e. The highest BCUT2D eigenvalue weighted by Gasteiger charge is 1.98. The van der Waals surface area contributed by atoms with Gasteiger partial charge in [-0.2, -0.15) is 0 Å². The summed E-state index contributed by atoms with van der Waals surface area (Å²) in [5.74, 6) is 2.44. The Morgan fingerprint density at radius 2 is 2.00 bits per heavy atom. The second-order valence-corrected chi connectivity index (χ2v) is 2.02. The number of rotatable bonds is 2. The van der Waals surface area contributed by atoms with Crippen molar-refractivity contribution in [3.05, 3.63) is 11.3 Å². The molecule has 0 spiro atoms. The van der Waals surface area contributed by atoms with Crippen LogP contribution in [0.1, 0.15) is 13.8 Å². The molecule has 0 amide bonds. The molecule has 0 aliphatic rings. The topological polar surface area (TPSA) is 35.9 Å². The van der Waals surface area contributed by atoms with Gasteiger partial charge in [-0.25, -0.2) is 0 Å². The molecule has 0 aromatic carbocycles. The van der Waals surface area contributed by atoms with Crippen molar-refractivity contribution in [3.63, 3.8) is 0 Å². The lowest BCUT2D eigenvalue weighted by Crippen LogP contribution is -2.08. The number of allylic oxidation sites excluding steroid dienone is 2. The molecule has 0 aliphatic heterocycles. The molecule has 2 N–H and O–H groups in total. The molecule has 0 heterocycles. The Bertz CT molecular complexity index is 206. The molecule has 0 saturated carbocycles. The highest BCUT2D eigenvalue weighted by Crippen LogP contribution is 1.99. The van der Waals surface area contributed by atoms with Gasteiger partial charge in [0.25, 0.3) is 0 Å². The number of hydrogen-bond acceptors (Lipinski definition) is 2. The maximum absolute atomic E-state index is 7.24. The van der Waals surface area contributed by atoms with Gasteiger partial charge in [-0.15, -0.1) is 6.42 Å². The van der Waals surface area contributed by atoms with Crippen LogP contribution < -0.4 is 5.32 Å². The molecule has 0 atom stereocenters. The van der Waals surface area contributed by atoms with Gasteiger partial charge in [-0.3, -0.25) is 0 Å². The smallest absolute Gasteiger partial charge is 0.0633 e. The second kappa shape index (κ2) is 3.73. The van der Waals surface area contributed by atoms with Crippen molar-refractivity contribution >= 4 is 5.71 Å². The maximum atomic E-state index is 7.24. The van der Waals surface area contributed by atoms with E-state index in [1.807, 2.05) is 6.92 Å². The normalized spacial score (nSPS) is 11.4. The van der Waals surface area contributed by atoms with Gasteiger partial charge in [0, 0.05) is 18.5 Å². The molecule has 54 valence electrons. The first kappa shape index (κ1) is 8.77. The van der Waals surface area contributed by atoms with Crippen LogP contribution in [0, 0.1) is 17.8 Å². The van der Waals surface area contributed by atoms with Crippen LogP contribution >= 0.6 is 0 Å². The SMILES string of the molecule is C#C/C(C(C)=N)=C(\C)NC. The van der Waals surface area contributed by atoms with E-state index in [4.69, 9.17) is 11.8 Å². The van der Waals surface area contributed by atoms with E-state index < -0.39 is 0 Å². The first-order valence-corrected chi connectivity index (χ1v) is 3.04. The molecule has 0 rings (SSSR count). The minimum atomic E-state index is 0.425. The first-order chi connectivity index (χ1) is 4.63. The summed E-state index contributed by atoms with van der Waals surface area (Å²) >= 11 is 0. The van der Waals surface area contributed by atoms with Crippen molar-refractivity contribution in [1.29, 1.82) is 5.41 Å². The Morgan fingerprint density at radius 1 is 1.50 bits per heavy atom. The lowest BCUT2D eigenvalue weighted by Gasteiger charge is -2.02. The van der Waals surface area contributed by atoms with Gasteiger partial charge in [0.1, 0.15) is 0 Å². The molecular formula is C8H12N2. The van der Waals surface area contributed by atoms with Crippen molar-refractivity contribution in [2.75, 3.05) is 7.05 Å². The van der Waals surface area contributed by atoms with Gasteiger partial charge >= 0.3 is 0 Å². The van der Waals surface area contributed by atoms with Gasteiger partial charge in [0.05, 0.1) is 5.57 Å². The fourth-order valence-corrected chi connectivity index (χ4v) is 0.623. The Hall–Kier alpha value is -1.23. The van der Waals surface area contributed by atoms with Gasteiger partial charge in [-0.05, 0) is 13.8 Å². The molecule has 0 aromatic heterocycles. The molecule has 0 fully saturated rings. The number of hydrogen-bond donors (Lipinski definition) is 2. The molecule has 2 heteroatoms. The average Bonchev–Trinajstić information content (AvgIpc) is 1.88. The van der Waals surface area contributed by atoms with Crippen LogP contribution in [0.15, 0.2) is 11.3 Å². The van der Waals surface area contributed by atoms with Crippen molar-refractivity contribution in [2.24, 2.45) is 0 Å². The zero-order valence-corrected chi connectivity index (χ0v) is 6.58. The zero-order valence-electron chi connectivity index (χ0n) is 6.58. The standard InChI is InChI=1S/C8H12N2/c1-5-8(6(2)9)7(3)10-4/h1,9-10H,2-4H3/b8-7-,9-6?. The molecule has 0 bridgehead atoms. The van der Waals surface area contributed by atoms with Gasteiger partial charge in [-0.1, -0.05) is 5.92 Å². The highest BCUT2D eigenvalue weighted by molar-refractivity contribution is 6.00. The Labute approximate surface area is 61.8 Å². The van der Waals surface area contributed by atoms with Gasteiger partial charge < -0.3 is 10.7 Å². The third-order valence-corrected chi connectivity index (χ3v) is 1.27. The van der Waals surface area contributed by atoms with Crippen LogP contribution in [0.3, 0.4) is 0 Å². The molecule has 2 nitrogen and oxygen atoms in total. The van der Waals surface area contributed by atoms with E-state index in [2.05, 4.69) is 11.2 Å². The Morgan fingerprint density at radius 3 is 2.10 bits per heavy atom. The third-order valence-electron chi connectivity index (χ3n) is 1.27. The van der Waals surface area contributed by atoms with E-state index in [-0.39, 0.29) is 0 Å². The maximum Gasteiger partial charge on any atom is 0.0633 e. The summed E-state index contributed by atoms with van der Waals surface area (Å²) in [7, 11) is 1.79. The summed E-state index contributed by atoms with van der Waals surface area (Å²) in [6.07, 6.45) is 5.16. The van der Waals surface area contributed by atoms with Crippen molar-refractivity contribution < 1.29 is 0 Å². The monoisotopic (exact) mass is 136 g/mol. The van der Waals surface area contributed by atoms with Crippen LogP contribution in [-0.2, 0) is 0 Å². The Balaban J connectivity index is 4.68. The largest absolute Gasteiger partial charge is 0.391 e. The molecule has 0 unspecified atom stereocenters. The minimum absolute atomic E-state index is 0.425. The summed E-state index contributed by atoms with van der Waals surface area (Å²) < 4.78 is 0. The predicted molar refractivity (Wildman–Crippen MR) is 44.0 cm³/mol. The highest BCUT2D eigenvalue weighted by atomic mass is 14.8. The van der Waals surface area contributed by atoms with Crippen LogP contribution in [-0.4, -0.2) is 12.8 Å². The number of nitrogens with one attached hydrogen (secondary N) is 2. The summed E-state index contributed by atoms with van der Waals surface area (Å²) in [5.41, 5.74) is 1.94. The van der Waals surface area contributed by atoms with Crippen LogP contribution in [0.4, 0.5) is 0 Å². The van der Waals surface area contributed by atoms with E-state index in [9.17, 15) is 0 Å². The summed E-state index contributed by atoms with van der Waals surface area (Å²) in [6.45, 7) is 3.53. The van der Waals surface area contributed by atoms with E-state index >= 15 is 0 Å². The first-order valence-electron chi connectivity index (χ1n) is 3.04. The summed E-state index contributed by atoms with van der Waals surface area (Å²) in [6, 6.07) is 0. The molecular weight excluding hydrogens is 124 g/mol. The van der Waals surface area contributed by atoms with E-state index in [1.165, 1.54) is 0 Å². The summed E-state index contributed by atoms with van der Waals surface area (Å²) in [5, 5.41) is 10.1. The van der Waals surface area contributed by atoms with Crippen molar-refractivity contribution in [3.8, 4) is 12.3 Å². The molecule has 0 aromatic rings.